The molecule has 29 heavy (non-hydrogen) atoms. The second-order valence-electron chi connectivity index (χ2n) is 7.98. The molecule has 3 heteroatoms. The van der Waals surface area contributed by atoms with Crippen LogP contribution in [-0.4, -0.2) is 13.0 Å². The van der Waals surface area contributed by atoms with E-state index in [1.54, 1.807) is 11.9 Å². The van der Waals surface area contributed by atoms with E-state index in [0.717, 1.165) is 22.4 Å². The first-order chi connectivity index (χ1) is 14.0. The minimum atomic E-state index is -0.0730. The lowest BCUT2D eigenvalue weighted by atomic mass is 9.77. The van der Waals surface area contributed by atoms with Gasteiger partial charge in [-0.1, -0.05) is 73.1 Å². The summed E-state index contributed by atoms with van der Waals surface area (Å²) in [6.07, 6.45) is 3.91. The maximum absolute atomic E-state index is 12.2. The molecule has 0 bridgehead atoms. The maximum Gasteiger partial charge on any atom is 0.258 e. The Morgan fingerprint density at radius 2 is 1.59 bits per heavy atom. The van der Waals surface area contributed by atoms with Gasteiger partial charge in [-0.15, -0.1) is 0 Å². The van der Waals surface area contributed by atoms with E-state index < -0.39 is 0 Å². The fraction of sp³-hybridized carbons (Fsp3) is 0.192. The number of hydrogen-bond acceptors (Lipinski definition) is 1. The number of nitrogens with zero attached hydrogens (tertiary/aromatic N) is 1. The van der Waals surface area contributed by atoms with Crippen LogP contribution in [0.4, 0.5) is 5.69 Å². The lowest BCUT2D eigenvalue weighted by molar-refractivity contribution is -0.112. The lowest BCUT2D eigenvalue weighted by Crippen LogP contribution is -2.19. The molecule has 0 unspecified atom stereocenters. The summed E-state index contributed by atoms with van der Waals surface area (Å²) in [5, 5.41) is 0.640. The molecule has 1 amide bonds. The van der Waals surface area contributed by atoms with Gasteiger partial charge in [-0.2, -0.15) is 0 Å². The van der Waals surface area contributed by atoms with Crippen molar-refractivity contribution in [1.82, 2.24) is 0 Å². The third-order valence-electron chi connectivity index (χ3n) is 6.35. The van der Waals surface area contributed by atoms with Gasteiger partial charge >= 0.3 is 0 Å². The standard InChI is InChI=1S/C26H22ClNO/c1-16-22-14-23(24(27)15-25(22)28(2)26(16)29)19-12-10-18(11-13-19)21-9-4-3-8-20(21)17-6-5-7-17/h3-4,8-15,17H,1,5-7H2,2H3. The number of fused-ring (bicyclic) bond motifs is 1. The van der Waals surface area contributed by atoms with Crippen molar-refractivity contribution in [2.45, 2.75) is 25.2 Å². The molecule has 2 aliphatic rings. The van der Waals surface area contributed by atoms with Crippen LogP contribution < -0.4 is 4.90 Å². The number of hydrogen-bond donors (Lipinski definition) is 0. The van der Waals surface area contributed by atoms with Gasteiger partial charge in [-0.05, 0) is 53.1 Å². The van der Waals surface area contributed by atoms with Crippen molar-refractivity contribution in [3.63, 3.8) is 0 Å². The van der Waals surface area contributed by atoms with Crippen molar-refractivity contribution < 1.29 is 4.79 Å². The van der Waals surface area contributed by atoms with Gasteiger partial charge in [0.1, 0.15) is 0 Å². The molecule has 2 nitrogen and oxygen atoms in total. The molecule has 3 aromatic rings. The summed E-state index contributed by atoms with van der Waals surface area (Å²) in [5.41, 5.74) is 8.17. The summed E-state index contributed by atoms with van der Waals surface area (Å²) in [7, 11) is 1.75. The average molecular weight is 400 g/mol. The number of benzene rings is 3. The molecule has 1 aliphatic carbocycles. The second kappa shape index (κ2) is 6.89. The van der Waals surface area contributed by atoms with Crippen LogP contribution in [0.15, 0.2) is 67.2 Å². The molecule has 1 saturated carbocycles. The molecule has 0 radical (unpaired) electrons. The Kier molecular flexibility index (Phi) is 4.33. The zero-order chi connectivity index (χ0) is 20.1. The molecule has 0 spiro atoms. The molecule has 3 aromatic carbocycles. The van der Waals surface area contributed by atoms with Crippen LogP contribution in [0.5, 0.6) is 0 Å². The first kappa shape index (κ1) is 18.2. The monoisotopic (exact) mass is 399 g/mol. The molecule has 1 aliphatic heterocycles. The highest BCUT2D eigenvalue weighted by Gasteiger charge is 2.29. The van der Waals surface area contributed by atoms with E-state index in [1.807, 2.05) is 12.1 Å². The summed E-state index contributed by atoms with van der Waals surface area (Å²) in [5.74, 6) is 0.619. The summed E-state index contributed by atoms with van der Waals surface area (Å²) >= 11 is 6.59. The Morgan fingerprint density at radius 1 is 0.931 bits per heavy atom. The van der Waals surface area contributed by atoms with Crippen LogP contribution in [0.25, 0.3) is 27.8 Å². The molecule has 0 aromatic heterocycles. The third-order valence-corrected chi connectivity index (χ3v) is 6.66. The average Bonchev–Trinajstić information content (AvgIpc) is 2.90. The van der Waals surface area contributed by atoms with E-state index in [0.29, 0.717) is 16.5 Å². The van der Waals surface area contributed by atoms with Crippen LogP contribution in [0.1, 0.15) is 36.3 Å². The van der Waals surface area contributed by atoms with E-state index in [9.17, 15) is 4.79 Å². The van der Waals surface area contributed by atoms with Gasteiger partial charge in [0, 0.05) is 23.7 Å². The summed E-state index contributed by atoms with van der Waals surface area (Å²) in [6.45, 7) is 3.95. The molecular weight excluding hydrogens is 378 g/mol. The van der Waals surface area contributed by atoms with Gasteiger partial charge in [-0.3, -0.25) is 4.79 Å². The number of likely N-dealkylation sites (N-methyl/N-ethyl adjacent to an activating group) is 1. The first-order valence-electron chi connectivity index (χ1n) is 10.0. The minimum absolute atomic E-state index is 0.0730. The predicted octanol–water partition coefficient (Wildman–Crippen LogP) is 6.93. The van der Waals surface area contributed by atoms with Crippen LogP contribution in [-0.2, 0) is 4.79 Å². The van der Waals surface area contributed by atoms with Gasteiger partial charge in [-0.25, -0.2) is 0 Å². The molecule has 1 heterocycles. The zero-order valence-electron chi connectivity index (χ0n) is 16.4. The largest absolute Gasteiger partial charge is 0.311 e. The van der Waals surface area contributed by atoms with Crippen LogP contribution in [0.3, 0.4) is 0 Å². The third kappa shape index (κ3) is 2.90. The normalized spacial score (nSPS) is 16.1. The van der Waals surface area contributed by atoms with Crippen molar-refractivity contribution in [2.24, 2.45) is 0 Å². The number of amides is 1. The van der Waals surface area contributed by atoms with Crippen molar-refractivity contribution in [3.05, 3.63) is 83.4 Å². The smallest absolute Gasteiger partial charge is 0.258 e. The fourth-order valence-corrected chi connectivity index (χ4v) is 4.66. The number of rotatable bonds is 3. The molecule has 0 N–H and O–H groups in total. The van der Waals surface area contributed by atoms with E-state index in [4.69, 9.17) is 11.6 Å². The van der Waals surface area contributed by atoms with Crippen molar-refractivity contribution in [1.29, 1.82) is 0 Å². The van der Waals surface area contributed by atoms with Gasteiger partial charge in [0.25, 0.3) is 5.91 Å². The van der Waals surface area contributed by atoms with Crippen LogP contribution in [0.2, 0.25) is 5.02 Å². The van der Waals surface area contributed by atoms with Gasteiger partial charge in [0.2, 0.25) is 0 Å². The quantitative estimate of drug-likeness (QED) is 0.437. The second-order valence-corrected chi connectivity index (χ2v) is 8.39. The van der Waals surface area contributed by atoms with Crippen LogP contribution in [0, 0.1) is 0 Å². The van der Waals surface area contributed by atoms with Gasteiger partial charge in [0.05, 0.1) is 10.7 Å². The van der Waals surface area contributed by atoms with Gasteiger partial charge in [0.15, 0.2) is 0 Å². The molecule has 0 saturated heterocycles. The Bertz CT molecular complexity index is 1140. The Morgan fingerprint density at radius 3 is 2.24 bits per heavy atom. The highest BCUT2D eigenvalue weighted by atomic mass is 35.5. The number of carbonyl (C=O) groups excluding carboxylic acids is 1. The van der Waals surface area contributed by atoms with E-state index in [-0.39, 0.29) is 5.91 Å². The Labute approximate surface area is 176 Å². The summed E-state index contributed by atoms with van der Waals surface area (Å²) < 4.78 is 0. The first-order valence-corrected chi connectivity index (χ1v) is 10.4. The molecular formula is C26H22ClNO. The van der Waals surface area contributed by atoms with E-state index in [2.05, 4.69) is 55.1 Å². The van der Waals surface area contributed by atoms with Gasteiger partial charge < -0.3 is 4.90 Å². The topological polar surface area (TPSA) is 20.3 Å². The molecule has 0 atom stereocenters. The van der Waals surface area contributed by atoms with Crippen molar-refractivity contribution >= 4 is 28.8 Å². The Hall–Kier alpha value is -2.84. The SMILES string of the molecule is C=C1C(=O)N(C)c2cc(Cl)c(-c3ccc(-c4ccccc4C4CCC4)cc3)cc21. The van der Waals surface area contributed by atoms with Crippen molar-refractivity contribution in [3.8, 4) is 22.3 Å². The van der Waals surface area contributed by atoms with Crippen molar-refractivity contribution in [2.75, 3.05) is 11.9 Å². The number of halogens is 1. The summed E-state index contributed by atoms with van der Waals surface area (Å²) in [6, 6.07) is 21.2. The lowest BCUT2D eigenvalue weighted by Gasteiger charge is -2.28. The van der Waals surface area contributed by atoms with Crippen LogP contribution >= 0.6 is 11.6 Å². The Balaban J connectivity index is 1.53. The maximum atomic E-state index is 12.2. The predicted molar refractivity (Wildman–Crippen MR) is 121 cm³/mol. The van der Waals surface area contributed by atoms with E-state index >= 15 is 0 Å². The molecule has 1 fully saturated rings. The van der Waals surface area contributed by atoms with E-state index in [1.165, 1.54) is 36.0 Å². The zero-order valence-corrected chi connectivity index (χ0v) is 17.2. The fourth-order valence-electron chi connectivity index (χ4n) is 4.39. The molecule has 5 rings (SSSR count). The summed E-state index contributed by atoms with van der Waals surface area (Å²) in [4.78, 5) is 13.8. The number of anilines is 1. The number of carbonyl (C=O) groups is 1. The minimum Gasteiger partial charge on any atom is -0.311 e. The molecule has 144 valence electrons. The highest BCUT2D eigenvalue weighted by Crippen LogP contribution is 2.43. The highest BCUT2D eigenvalue weighted by molar-refractivity contribution is 6.36.